The Bertz CT molecular complexity index is 493. The average molecular weight is 280 g/mol. The van der Waals surface area contributed by atoms with Crippen LogP contribution in [0.2, 0.25) is 0 Å². The molecule has 0 unspecified atom stereocenters. The van der Waals surface area contributed by atoms with Gasteiger partial charge in [-0.05, 0) is 50.8 Å². The van der Waals surface area contributed by atoms with E-state index in [1.165, 1.54) is 11.1 Å². The molecule has 2 atom stereocenters. The minimum absolute atomic E-state index is 0.216. The molecule has 1 aliphatic rings. The molecule has 1 aliphatic carbocycles. The highest BCUT2D eigenvalue weighted by atomic mass is 32.2. The summed E-state index contributed by atoms with van der Waals surface area (Å²) < 4.78 is 14.4. The smallest absolute Gasteiger partial charge is 0.100 e. The second-order valence-electron chi connectivity index (χ2n) is 6.09. The summed E-state index contributed by atoms with van der Waals surface area (Å²) in [6, 6.07) is 6.63. The molecule has 0 amide bonds. The summed E-state index contributed by atoms with van der Waals surface area (Å²) in [5.41, 5.74) is 3.87. The molecule has 0 bridgehead atoms. The maximum Gasteiger partial charge on any atom is 0.100 e. The van der Waals surface area contributed by atoms with Gasteiger partial charge in [-0.15, -0.1) is 0 Å². The van der Waals surface area contributed by atoms with Gasteiger partial charge in [-0.25, -0.2) is 8.51 Å². The second-order valence-corrected chi connectivity index (χ2v) is 8.39. The van der Waals surface area contributed by atoms with E-state index in [2.05, 4.69) is 23.5 Å². The van der Waals surface area contributed by atoms with Crippen molar-refractivity contribution in [3.05, 3.63) is 29.3 Å². The zero-order chi connectivity index (χ0) is 14.2. The Morgan fingerprint density at radius 3 is 2.63 bits per heavy atom. The van der Waals surface area contributed by atoms with Crippen LogP contribution in [0, 0.1) is 0 Å². The van der Waals surface area contributed by atoms with Crippen LogP contribution < -0.4 is 5.32 Å². The van der Waals surface area contributed by atoms with Crippen LogP contribution in [0.1, 0.15) is 44.4 Å². The molecule has 0 aliphatic heterocycles. The summed E-state index contributed by atoms with van der Waals surface area (Å²) in [4.78, 5) is 0. The van der Waals surface area contributed by atoms with Gasteiger partial charge >= 0.3 is 0 Å². The molecule has 19 heavy (non-hydrogen) atoms. The van der Waals surface area contributed by atoms with Crippen LogP contribution in [0.5, 0.6) is 0 Å². The lowest BCUT2D eigenvalue weighted by Gasteiger charge is -2.31. The monoisotopic (exact) mass is 280 g/mol. The number of fused-ring (bicyclic) bond motifs is 1. The lowest BCUT2D eigenvalue weighted by atomic mass is 10.1. The SMILES string of the molecule is CNc1cccc2c1[C@H](N(C)[S@](=O)C(C)(C)C)CC2. The van der Waals surface area contributed by atoms with Gasteiger partial charge in [0.1, 0.15) is 11.0 Å². The van der Waals surface area contributed by atoms with Gasteiger partial charge in [0.15, 0.2) is 0 Å². The summed E-state index contributed by atoms with van der Waals surface area (Å²) in [7, 11) is 2.95. The summed E-state index contributed by atoms with van der Waals surface area (Å²) in [6.07, 6.45) is 2.12. The molecule has 0 fully saturated rings. The third-order valence-corrected chi connectivity index (χ3v) is 5.54. The molecular weight excluding hydrogens is 256 g/mol. The van der Waals surface area contributed by atoms with Crippen LogP contribution in [0.3, 0.4) is 0 Å². The molecule has 0 heterocycles. The Balaban J connectivity index is 2.34. The lowest BCUT2D eigenvalue weighted by molar-refractivity contribution is 0.391. The second kappa shape index (κ2) is 5.25. The Labute approximate surface area is 119 Å². The maximum atomic E-state index is 12.6. The van der Waals surface area contributed by atoms with Gasteiger partial charge < -0.3 is 5.32 Å². The van der Waals surface area contributed by atoms with Crippen LogP contribution in [-0.2, 0) is 17.4 Å². The highest BCUT2D eigenvalue weighted by Gasteiger charge is 2.34. The van der Waals surface area contributed by atoms with Crippen molar-refractivity contribution in [1.29, 1.82) is 0 Å². The highest BCUT2D eigenvalue weighted by Crippen LogP contribution is 2.41. The minimum Gasteiger partial charge on any atom is -0.388 e. The number of nitrogens with one attached hydrogen (secondary N) is 1. The van der Waals surface area contributed by atoms with Crippen molar-refractivity contribution >= 4 is 16.7 Å². The van der Waals surface area contributed by atoms with Gasteiger partial charge in [0.2, 0.25) is 0 Å². The van der Waals surface area contributed by atoms with E-state index in [0.29, 0.717) is 0 Å². The fourth-order valence-electron chi connectivity index (χ4n) is 2.79. The number of benzene rings is 1. The van der Waals surface area contributed by atoms with Crippen molar-refractivity contribution in [2.45, 2.75) is 44.4 Å². The predicted molar refractivity (Wildman–Crippen MR) is 82.7 cm³/mol. The molecule has 0 radical (unpaired) electrons. The lowest BCUT2D eigenvalue weighted by Crippen LogP contribution is -2.36. The van der Waals surface area contributed by atoms with E-state index in [0.717, 1.165) is 18.5 Å². The number of aryl methyl sites for hydroxylation is 1. The van der Waals surface area contributed by atoms with Gasteiger partial charge in [-0.1, -0.05) is 12.1 Å². The number of rotatable bonds is 3. The fourth-order valence-corrected chi connectivity index (χ4v) is 4.10. The summed E-state index contributed by atoms with van der Waals surface area (Å²) in [6.45, 7) is 6.08. The standard InChI is InChI=1S/C15H24N2OS/c1-15(2,3)19(18)17(5)13-10-9-11-7-6-8-12(16-4)14(11)13/h6-8,13,16H,9-10H2,1-5H3/t13-,19-/m1/s1. The molecule has 0 aromatic heterocycles. The first-order chi connectivity index (χ1) is 8.86. The molecular formula is C15H24N2OS. The normalized spacial score (nSPS) is 20.4. The van der Waals surface area contributed by atoms with Crippen molar-refractivity contribution in [2.75, 3.05) is 19.4 Å². The van der Waals surface area contributed by atoms with Crippen molar-refractivity contribution < 1.29 is 4.21 Å². The van der Waals surface area contributed by atoms with Gasteiger partial charge in [0.05, 0.1) is 4.75 Å². The summed E-state index contributed by atoms with van der Waals surface area (Å²) >= 11 is 0. The summed E-state index contributed by atoms with van der Waals surface area (Å²) in [5, 5.41) is 3.26. The topological polar surface area (TPSA) is 32.3 Å². The predicted octanol–water partition coefficient (Wildman–Crippen LogP) is 3.11. The fraction of sp³-hybridized carbons (Fsp3) is 0.600. The number of hydrogen-bond donors (Lipinski definition) is 1. The van der Waals surface area contributed by atoms with Crippen LogP contribution in [0.4, 0.5) is 5.69 Å². The zero-order valence-corrected chi connectivity index (χ0v) is 13.3. The van der Waals surface area contributed by atoms with Crippen LogP contribution in [0.25, 0.3) is 0 Å². The van der Waals surface area contributed by atoms with Gasteiger partial charge in [0, 0.05) is 25.8 Å². The molecule has 2 rings (SSSR count). The Morgan fingerprint density at radius 2 is 2.05 bits per heavy atom. The zero-order valence-electron chi connectivity index (χ0n) is 12.5. The number of hydrogen-bond acceptors (Lipinski definition) is 2. The third-order valence-electron chi connectivity index (χ3n) is 3.71. The van der Waals surface area contributed by atoms with Crippen molar-refractivity contribution in [1.82, 2.24) is 4.31 Å². The Morgan fingerprint density at radius 1 is 1.37 bits per heavy atom. The van der Waals surface area contributed by atoms with E-state index in [1.54, 1.807) is 0 Å². The van der Waals surface area contributed by atoms with Crippen LogP contribution in [-0.4, -0.2) is 27.4 Å². The summed E-state index contributed by atoms with van der Waals surface area (Å²) in [5.74, 6) is 0. The first kappa shape index (κ1) is 14.5. The Kier molecular flexibility index (Phi) is 4.02. The van der Waals surface area contributed by atoms with Gasteiger partial charge in [0.25, 0.3) is 0 Å². The number of anilines is 1. The quantitative estimate of drug-likeness (QED) is 0.922. The molecule has 1 aromatic carbocycles. The molecule has 1 N–H and O–H groups in total. The molecule has 1 aromatic rings. The molecule has 0 spiro atoms. The van der Waals surface area contributed by atoms with Gasteiger partial charge in [-0.2, -0.15) is 0 Å². The van der Waals surface area contributed by atoms with E-state index in [9.17, 15) is 4.21 Å². The van der Waals surface area contributed by atoms with E-state index in [-0.39, 0.29) is 10.8 Å². The molecule has 106 valence electrons. The van der Waals surface area contributed by atoms with Crippen LogP contribution in [0.15, 0.2) is 18.2 Å². The molecule has 0 saturated heterocycles. The largest absolute Gasteiger partial charge is 0.388 e. The van der Waals surface area contributed by atoms with Crippen molar-refractivity contribution in [3.8, 4) is 0 Å². The maximum absolute atomic E-state index is 12.6. The van der Waals surface area contributed by atoms with E-state index < -0.39 is 11.0 Å². The molecule has 4 heteroatoms. The minimum atomic E-state index is -0.984. The van der Waals surface area contributed by atoms with Crippen molar-refractivity contribution in [3.63, 3.8) is 0 Å². The third kappa shape index (κ3) is 2.70. The number of nitrogens with zero attached hydrogens (tertiary/aromatic N) is 1. The Hall–Kier alpha value is -0.870. The highest BCUT2D eigenvalue weighted by molar-refractivity contribution is 7.84. The first-order valence-corrected chi connectivity index (χ1v) is 7.91. The van der Waals surface area contributed by atoms with E-state index >= 15 is 0 Å². The first-order valence-electron chi connectivity index (χ1n) is 6.80. The molecule has 3 nitrogen and oxygen atoms in total. The van der Waals surface area contributed by atoms with Gasteiger partial charge in [-0.3, -0.25) is 0 Å². The van der Waals surface area contributed by atoms with Crippen molar-refractivity contribution in [2.24, 2.45) is 0 Å². The van der Waals surface area contributed by atoms with E-state index in [1.807, 2.05) is 39.2 Å². The van der Waals surface area contributed by atoms with E-state index in [4.69, 9.17) is 0 Å². The van der Waals surface area contributed by atoms with Crippen LogP contribution >= 0.6 is 0 Å². The average Bonchev–Trinajstić information content (AvgIpc) is 2.79. The molecule has 0 saturated carbocycles.